The van der Waals surface area contributed by atoms with E-state index in [-0.39, 0.29) is 0 Å². The highest BCUT2D eigenvalue weighted by molar-refractivity contribution is 7.91. The van der Waals surface area contributed by atoms with Gasteiger partial charge in [0.25, 0.3) is 0 Å². The molecule has 0 atom stereocenters. The van der Waals surface area contributed by atoms with Gasteiger partial charge in [-0.1, -0.05) is 30.3 Å². The average Bonchev–Trinajstić information content (AvgIpc) is 2.75. The summed E-state index contributed by atoms with van der Waals surface area (Å²) in [5.74, 6) is 0.453. The number of hydrogen-bond donors (Lipinski definition) is 2. The average molecular weight is 404 g/mol. The summed E-state index contributed by atoms with van der Waals surface area (Å²) >= 11 is 0. The molecule has 3 aromatic carbocycles. The van der Waals surface area contributed by atoms with Crippen LogP contribution in [0.2, 0.25) is 0 Å². The molecule has 0 unspecified atom stereocenters. The second-order valence-electron chi connectivity index (χ2n) is 6.63. The number of sulfone groups is 1. The van der Waals surface area contributed by atoms with Gasteiger partial charge in [-0.3, -0.25) is 0 Å². The summed E-state index contributed by atoms with van der Waals surface area (Å²) in [6.45, 7) is 0.698. The van der Waals surface area contributed by atoms with Gasteiger partial charge in [0.15, 0.2) is 0 Å². The van der Waals surface area contributed by atoms with E-state index in [4.69, 9.17) is 5.73 Å². The first-order valence-electron chi connectivity index (χ1n) is 9.17. The second-order valence-corrected chi connectivity index (χ2v) is 8.58. The predicted molar refractivity (Wildman–Crippen MR) is 114 cm³/mol. The highest BCUT2D eigenvalue weighted by atomic mass is 32.2. The lowest BCUT2D eigenvalue weighted by atomic mass is 10.1. The fourth-order valence-electron chi connectivity index (χ4n) is 3.11. The largest absolute Gasteiger partial charge is 0.385 e. The normalized spacial score (nSPS) is 11.4. The van der Waals surface area contributed by atoms with Crippen LogP contribution in [0.25, 0.3) is 10.9 Å². The van der Waals surface area contributed by atoms with Gasteiger partial charge in [-0.15, -0.1) is 0 Å². The maximum atomic E-state index is 12.6. The minimum absolute atomic E-state index is 0.297. The first kappa shape index (κ1) is 18.9. The van der Waals surface area contributed by atoms with Gasteiger partial charge in [0.2, 0.25) is 9.84 Å². The van der Waals surface area contributed by atoms with Crippen LogP contribution in [0.3, 0.4) is 0 Å². The smallest absolute Gasteiger partial charge is 0.206 e. The summed E-state index contributed by atoms with van der Waals surface area (Å²) in [5, 5.41) is 4.17. The third-order valence-electron chi connectivity index (χ3n) is 4.70. The summed E-state index contributed by atoms with van der Waals surface area (Å²) < 4.78 is 25.3. The van der Waals surface area contributed by atoms with Crippen LogP contribution in [0, 0.1) is 0 Å². The van der Waals surface area contributed by atoms with Crippen molar-refractivity contribution in [2.75, 3.05) is 17.6 Å². The van der Waals surface area contributed by atoms with E-state index >= 15 is 0 Å². The van der Waals surface area contributed by atoms with Gasteiger partial charge in [-0.25, -0.2) is 18.4 Å². The number of benzene rings is 3. The molecular formula is C22H20N4O2S. The van der Waals surface area contributed by atoms with Crippen LogP contribution in [-0.4, -0.2) is 24.9 Å². The molecule has 0 amide bonds. The molecule has 4 aromatic rings. The summed E-state index contributed by atoms with van der Waals surface area (Å²) in [4.78, 5) is 8.81. The van der Waals surface area contributed by atoms with Crippen molar-refractivity contribution in [1.82, 2.24) is 9.97 Å². The van der Waals surface area contributed by atoms with Gasteiger partial charge in [-0.05, 0) is 54.4 Å². The highest BCUT2D eigenvalue weighted by Crippen LogP contribution is 2.22. The SMILES string of the molecule is Nc1ncnc2ccc(NCCc3ccc(S(=O)(=O)c4ccccc4)cc3)cc12. The van der Waals surface area contributed by atoms with E-state index in [0.29, 0.717) is 22.2 Å². The Balaban J connectivity index is 1.42. The summed E-state index contributed by atoms with van der Waals surface area (Å²) in [6, 6.07) is 21.3. The van der Waals surface area contributed by atoms with Crippen LogP contribution in [0.5, 0.6) is 0 Å². The van der Waals surface area contributed by atoms with Crippen LogP contribution in [0.15, 0.2) is 88.9 Å². The van der Waals surface area contributed by atoms with Crippen LogP contribution in [0.4, 0.5) is 11.5 Å². The Labute approximate surface area is 169 Å². The van der Waals surface area contributed by atoms with Crippen molar-refractivity contribution in [3.8, 4) is 0 Å². The lowest BCUT2D eigenvalue weighted by Crippen LogP contribution is -2.06. The third-order valence-corrected chi connectivity index (χ3v) is 6.48. The fraction of sp³-hybridized carbons (Fsp3) is 0.0909. The quantitative estimate of drug-likeness (QED) is 0.508. The van der Waals surface area contributed by atoms with Crippen molar-refractivity contribution >= 4 is 32.2 Å². The van der Waals surface area contributed by atoms with Gasteiger partial charge >= 0.3 is 0 Å². The van der Waals surface area contributed by atoms with Crippen molar-refractivity contribution in [2.24, 2.45) is 0 Å². The van der Waals surface area contributed by atoms with Crippen molar-refractivity contribution < 1.29 is 8.42 Å². The van der Waals surface area contributed by atoms with Crippen molar-refractivity contribution in [3.63, 3.8) is 0 Å². The van der Waals surface area contributed by atoms with Crippen LogP contribution >= 0.6 is 0 Å². The van der Waals surface area contributed by atoms with E-state index in [0.717, 1.165) is 28.6 Å². The Bertz CT molecular complexity index is 1240. The molecule has 29 heavy (non-hydrogen) atoms. The molecule has 0 fully saturated rings. The number of aromatic nitrogens is 2. The molecule has 0 aliphatic heterocycles. The molecule has 0 saturated heterocycles. The van der Waals surface area contributed by atoms with E-state index in [1.165, 1.54) is 6.33 Å². The molecular weight excluding hydrogens is 384 g/mol. The molecule has 7 heteroatoms. The minimum Gasteiger partial charge on any atom is -0.385 e. The molecule has 0 bridgehead atoms. The fourth-order valence-corrected chi connectivity index (χ4v) is 4.39. The molecule has 3 N–H and O–H groups in total. The maximum Gasteiger partial charge on any atom is 0.206 e. The first-order valence-corrected chi connectivity index (χ1v) is 10.7. The molecule has 1 heterocycles. The van der Waals surface area contributed by atoms with E-state index in [2.05, 4.69) is 15.3 Å². The second kappa shape index (κ2) is 7.89. The van der Waals surface area contributed by atoms with Crippen LogP contribution in [-0.2, 0) is 16.3 Å². The summed E-state index contributed by atoms with van der Waals surface area (Å²) in [6.07, 6.45) is 2.21. The van der Waals surface area contributed by atoms with E-state index < -0.39 is 9.84 Å². The van der Waals surface area contributed by atoms with Gasteiger partial charge in [0, 0.05) is 17.6 Å². The highest BCUT2D eigenvalue weighted by Gasteiger charge is 2.16. The number of anilines is 2. The molecule has 0 aliphatic rings. The Morgan fingerprint density at radius 3 is 2.34 bits per heavy atom. The molecule has 0 saturated carbocycles. The predicted octanol–water partition coefficient (Wildman–Crippen LogP) is 3.70. The molecule has 0 spiro atoms. The maximum absolute atomic E-state index is 12.6. The summed E-state index contributed by atoms with van der Waals surface area (Å²) in [7, 11) is -3.48. The zero-order chi connectivity index (χ0) is 20.3. The molecule has 146 valence electrons. The lowest BCUT2D eigenvalue weighted by Gasteiger charge is -2.09. The Morgan fingerprint density at radius 2 is 1.59 bits per heavy atom. The topological polar surface area (TPSA) is 98.0 Å². The van der Waals surface area contributed by atoms with Gasteiger partial charge in [-0.2, -0.15) is 0 Å². The number of nitrogen functional groups attached to an aromatic ring is 1. The number of nitrogens with one attached hydrogen (secondary N) is 1. The molecule has 0 radical (unpaired) electrons. The molecule has 1 aromatic heterocycles. The standard InChI is InChI=1S/C22H20N4O2S/c23-22-20-14-17(8-11-21(20)25-15-26-22)24-13-12-16-6-9-19(10-7-16)29(27,28)18-4-2-1-3-5-18/h1-11,14-15,24H,12-13H2,(H2,23,25,26). The van der Waals surface area contributed by atoms with Gasteiger partial charge < -0.3 is 11.1 Å². The third kappa shape index (κ3) is 4.05. The number of nitrogens with two attached hydrogens (primary N) is 1. The van der Waals surface area contributed by atoms with Crippen LogP contribution in [0.1, 0.15) is 5.56 Å². The Morgan fingerprint density at radius 1 is 0.862 bits per heavy atom. The van der Waals surface area contributed by atoms with E-state index in [1.807, 2.05) is 30.3 Å². The molecule has 0 aliphatic carbocycles. The number of hydrogen-bond acceptors (Lipinski definition) is 6. The lowest BCUT2D eigenvalue weighted by molar-refractivity contribution is 0.596. The Hall–Kier alpha value is -3.45. The number of fused-ring (bicyclic) bond motifs is 1. The number of nitrogens with zero attached hydrogens (tertiary/aromatic N) is 2. The zero-order valence-corrected chi connectivity index (χ0v) is 16.4. The Kier molecular flexibility index (Phi) is 5.14. The van der Waals surface area contributed by atoms with Crippen LogP contribution < -0.4 is 11.1 Å². The van der Waals surface area contributed by atoms with E-state index in [9.17, 15) is 8.42 Å². The van der Waals surface area contributed by atoms with Gasteiger partial charge in [0.1, 0.15) is 12.1 Å². The minimum atomic E-state index is -3.48. The summed E-state index contributed by atoms with van der Waals surface area (Å²) in [5.41, 5.74) is 8.69. The number of rotatable bonds is 6. The monoisotopic (exact) mass is 404 g/mol. The van der Waals surface area contributed by atoms with Crippen molar-refractivity contribution in [2.45, 2.75) is 16.2 Å². The van der Waals surface area contributed by atoms with Crippen molar-refractivity contribution in [3.05, 3.63) is 84.7 Å². The first-order chi connectivity index (χ1) is 14.0. The molecule has 6 nitrogen and oxygen atoms in total. The van der Waals surface area contributed by atoms with E-state index in [1.54, 1.807) is 42.5 Å². The molecule has 4 rings (SSSR count). The zero-order valence-electron chi connectivity index (χ0n) is 15.6. The van der Waals surface area contributed by atoms with Gasteiger partial charge in [0.05, 0.1) is 15.3 Å². The van der Waals surface area contributed by atoms with Crippen molar-refractivity contribution in [1.29, 1.82) is 0 Å².